The summed E-state index contributed by atoms with van der Waals surface area (Å²) in [5, 5.41) is 4.36. The molecular formula is C20H27N3O5. The van der Waals surface area contributed by atoms with E-state index < -0.39 is 0 Å². The van der Waals surface area contributed by atoms with Gasteiger partial charge in [0, 0.05) is 51.4 Å². The molecule has 0 saturated carbocycles. The molecule has 2 saturated heterocycles. The van der Waals surface area contributed by atoms with Crippen molar-refractivity contribution in [3.05, 3.63) is 35.9 Å². The van der Waals surface area contributed by atoms with Gasteiger partial charge in [-0.25, -0.2) is 0 Å². The Morgan fingerprint density at radius 2 is 2.11 bits per heavy atom. The van der Waals surface area contributed by atoms with Gasteiger partial charge < -0.3 is 23.3 Å². The molecule has 2 fully saturated rings. The van der Waals surface area contributed by atoms with Crippen LogP contribution in [-0.4, -0.2) is 61.0 Å². The molecule has 1 amide bonds. The van der Waals surface area contributed by atoms with E-state index in [0.29, 0.717) is 31.2 Å². The van der Waals surface area contributed by atoms with E-state index in [-0.39, 0.29) is 17.2 Å². The minimum atomic E-state index is -0.226. The highest BCUT2D eigenvalue weighted by Gasteiger charge is 2.41. The van der Waals surface area contributed by atoms with Crippen LogP contribution in [0.4, 0.5) is 0 Å². The number of piperidine rings is 1. The second kappa shape index (κ2) is 8.45. The van der Waals surface area contributed by atoms with E-state index >= 15 is 0 Å². The number of hydrogen-bond acceptors (Lipinski definition) is 7. The maximum atomic E-state index is 12.6. The molecule has 8 heteroatoms. The van der Waals surface area contributed by atoms with Crippen LogP contribution in [0.3, 0.4) is 0 Å². The first kappa shape index (κ1) is 19.1. The fraction of sp³-hybridized carbons (Fsp3) is 0.650. The second-order valence-corrected chi connectivity index (χ2v) is 7.67. The molecule has 2 aromatic rings. The van der Waals surface area contributed by atoms with Gasteiger partial charge in [0.1, 0.15) is 6.26 Å². The Balaban J connectivity index is 1.48. The van der Waals surface area contributed by atoms with Crippen molar-refractivity contribution in [3.63, 3.8) is 0 Å². The highest BCUT2D eigenvalue weighted by atomic mass is 16.5. The summed E-state index contributed by atoms with van der Waals surface area (Å²) in [7, 11) is 1.70. The third kappa shape index (κ3) is 3.84. The molecule has 28 heavy (non-hydrogen) atoms. The number of ether oxygens (including phenoxy) is 2. The van der Waals surface area contributed by atoms with Crippen LogP contribution in [0.25, 0.3) is 0 Å². The van der Waals surface area contributed by atoms with Crippen LogP contribution in [0, 0.1) is 0 Å². The molecule has 0 atom stereocenters. The lowest BCUT2D eigenvalue weighted by atomic mass is 9.75. The van der Waals surface area contributed by atoms with Crippen molar-refractivity contribution in [1.82, 2.24) is 15.0 Å². The van der Waals surface area contributed by atoms with Crippen molar-refractivity contribution in [1.29, 1.82) is 0 Å². The summed E-state index contributed by atoms with van der Waals surface area (Å²) < 4.78 is 21.5. The van der Waals surface area contributed by atoms with E-state index in [1.807, 2.05) is 4.90 Å². The fourth-order valence-electron chi connectivity index (χ4n) is 4.15. The zero-order valence-electron chi connectivity index (χ0n) is 16.3. The van der Waals surface area contributed by atoms with E-state index in [9.17, 15) is 4.79 Å². The van der Waals surface area contributed by atoms with Crippen LogP contribution < -0.4 is 0 Å². The Kier molecular flexibility index (Phi) is 5.77. The van der Waals surface area contributed by atoms with Crippen LogP contribution in [0.15, 0.2) is 27.5 Å². The number of likely N-dealkylation sites (tertiary alicyclic amines) is 1. The van der Waals surface area contributed by atoms with Crippen molar-refractivity contribution in [2.24, 2.45) is 0 Å². The van der Waals surface area contributed by atoms with Crippen LogP contribution in [-0.2, 0) is 14.9 Å². The molecule has 0 radical (unpaired) electrons. The summed E-state index contributed by atoms with van der Waals surface area (Å²) in [5.74, 6) is 1.75. The molecular weight excluding hydrogens is 362 g/mol. The first-order chi connectivity index (χ1) is 13.7. The number of methoxy groups -OCH3 is 1. The molecule has 0 N–H and O–H groups in total. The van der Waals surface area contributed by atoms with Gasteiger partial charge in [0.25, 0.3) is 5.91 Å². The monoisotopic (exact) mass is 389 g/mol. The minimum Gasteiger partial charge on any atom is -0.472 e. The van der Waals surface area contributed by atoms with Gasteiger partial charge in [-0.05, 0) is 38.2 Å². The highest BCUT2D eigenvalue weighted by Crippen LogP contribution is 2.38. The smallest absolute Gasteiger partial charge is 0.257 e. The average molecular weight is 389 g/mol. The van der Waals surface area contributed by atoms with Crippen molar-refractivity contribution in [3.8, 4) is 0 Å². The number of carbonyl (C=O) groups is 1. The third-order valence-corrected chi connectivity index (χ3v) is 6.05. The molecule has 2 aromatic heterocycles. The molecule has 4 heterocycles. The molecule has 2 aliphatic heterocycles. The average Bonchev–Trinajstić information content (AvgIpc) is 3.45. The molecule has 0 unspecified atom stereocenters. The van der Waals surface area contributed by atoms with Gasteiger partial charge in [-0.2, -0.15) is 4.98 Å². The second-order valence-electron chi connectivity index (χ2n) is 7.67. The lowest BCUT2D eigenvalue weighted by molar-refractivity contribution is 0.0615. The lowest BCUT2D eigenvalue weighted by Crippen LogP contribution is -2.46. The van der Waals surface area contributed by atoms with Gasteiger partial charge in [-0.3, -0.25) is 4.79 Å². The number of hydrogen-bond donors (Lipinski definition) is 0. The van der Waals surface area contributed by atoms with Gasteiger partial charge in [-0.1, -0.05) is 5.16 Å². The van der Waals surface area contributed by atoms with Gasteiger partial charge >= 0.3 is 0 Å². The van der Waals surface area contributed by atoms with Crippen molar-refractivity contribution < 1.29 is 23.2 Å². The summed E-state index contributed by atoms with van der Waals surface area (Å²) in [5.41, 5.74) is 0.363. The first-order valence-electron chi connectivity index (χ1n) is 9.94. The zero-order valence-corrected chi connectivity index (χ0v) is 16.3. The summed E-state index contributed by atoms with van der Waals surface area (Å²) >= 11 is 0. The third-order valence-electron chi connectivity index (χ3n) is 6.05. The number of carbonyl (C=O) groups excluding carboxylic acids is 1. The summed E-state index contributed by atoms with van der Waals surface area (Å²) in [6, 6.07) is 1.70. The lowest BCUT2D eigenvalue weighted by Gasteiger charge is -2.39. The van der Waals surface area contributed by atoms with Crippen LogP contribution in [0.1, 0.15) is 60.1 Å². The van der Waals surface area contributed by atoms with E-state index in [0.717, 1.165) is 51.1 Å². The fourth-order valence-corrected chi connectivity index (χ4v) is 4.15. The Morgan fingerprint density at radius 1 is 1.32 bits per heavy atom. The standard InChI is InChI=1S/C20H27N3O5/c1-25-13-7-20(19-21-17(28-22-19)15-2-10-26-11-3-15)5-8-23(9-6-20)18(24)16-4-12-27-14-16/h4,12,14-15H,2-3,5-11,13H2,1H3. The predicted molar refractivity (Wildman–Crippen MR) is 99.1 cm³/mol. The van der Waals surface area contributed by atoms with Crippen molar-refractivity contribution in [2.45, 2.75) is 43.4 Å². The number of aromatic nitrogens is 2. The Hall–Kier alpha value is -2.19. The van der Waals surface area contributed by atoms with Crippen LogP contribution in [0.2, 0.25) is 0 Å². The topological polar surface area (TPSA) is 90.8 Å². The van der Waals surface area contributed by atoms with E-state index in [1.165, 1.54) is 12.5 Å². The molecule has 0 spiro atoms. The maximum Gasteiger partial charge on any atom is 0.257 e. The summed E-state index contributed by atoms with van der Waals surface area (Å²) in [4.78, 5) is 19.3. The quantitative estimate of drug-likeness (QED) is 0.750. The minimum absolute atomic E-state index is 0.00472. The SMILES string of the molecule is COCCC1(c2noc(C3CCOCC3)n2)CCN(C(=O)c2ccoc2)CC1. The maximum absolute atomic E-state index is 12.6. The molecule has 8 nitrogen and oxygen atoms in total. The first-order valence-corrected chi connectivity index (χ1v) is 9.94. The summed E-state index contributed by atoms with van der Waals surface area (Å²) in [6.07, 6.45) is 7.23. The van der Waals surface area contributed by atoms with Crippen molar-refractivity contribution >= 4 is 5.91 Å². The van der Waals surface area contributed by atoms with E-state index in [2.05, 4.69) is 5.16 Å². The predicted octanol–water partition coefficient (Wildman–Crippen LogP) is 2.77. The van der Waals surface area contributed by atoms with E-state index in [1.54, 1.807) is 13.2 Å². The summed E-state index contributed by atoms with van der Waals surface area (Å²) in [6.45, 7) is 3.39. The Morgan fingerprint density at radius 3 is 2.79 bits per heavy atom. The molecule has 0 aromatic carbocycles. The number of nitrogens with zero attached hydrogens (tertiary/aromatic N) is 3. The van der Waals surface area contributed by atoms with Crippen LogP contribution >= 0.6 is 0 Å². The Bertz CT molecular complexity index is 759. The highest BCUT2D eigenvalue weighted by molar-refractivity contribution is 5.93. The molecule has 0 bridgehead atoms. The largest absolute Gasteiger partial charge is 0.472 e. The molecule has 4 rings (SSSR count). The number of amides is 1. The van der Waals surface area contributed by atoms with Crippen LogP contribution in [0.5, 0.6) is 0 Å². The normalized spacial score (nSPS) is 20.4. The van der Waals surface area contributed by atoms with E-state index in [4.69, 9.17) is 23.4 Å². The van der Waals surface area contributed by atoms with Crippen molar-refractivity contribution in [2.75, 3.05) is 40.0 Å². The van der Waals surface area contributed by atoms with Gasteiger partial charge in [0.05, 0.1) is 11.8 Å². The molecule has 0 aliphatic carbocycles. The molecule has 152 valence electrons. The van der Waals surface area contributed by atoms with Gasteiger partial charge in [0.2, 0.25) is 5.89 Å². The van der Waals surface area contributed by atoms with Gasteiger partial charge in [-0.15, -0.1) is 0 Å². The molecule has 2 aliphatic rings. The number of rotatable bonds is 6. The zero-order chi connectivity index (χ0) is 19.4. The van der Waals surface area contributed by atoms with Gasteiger partial charge in [0.15, 0.2) is 5.82 Å². The Labute approximate surface area is 164 Å². The number of furan rings is 1.